The van der Waals surface area contributed by atoms with E-state index in [2.05, 4.69) is 231 Å². The summed E-state index contributed by atoms with van der Waals surface area (Å²) >= 11 is 0. The van der Waals surface area contributed by atoms with Gasteiger partial charge in [-0.25, -0.2) is 4.98 Å². The first kappa shape index (κ1) is 47.4. The number of aromatic nitrogens is 4. The predicted octanol–water partition coefficient (Wildman–Crippen LogP) is 20.2. The van der Waals surface area contributed by atoms with Crippen molar-refractivity contribution in [2.24, 2.45) is 0 Å². The summed E-state index contributed by atoms with van der Waals surface area (Å²) in [7, 11) is 0. The van der Waals surface area contributed by atoms with Crippen molar-refractivity contribution in [2.45, 2.75) is 24.7 Å². The van der Waals surface area contributed by atoms with Crippen LogP contribution in [0.25, 0.3) is 139 Å². The lowest BCUT2D eigenvalue weighted by Gasteiger charge is -2.39. The molecule has 19 rings (SSSR count). The Hall–Kier alpha value is -11.2. The third-order valence-electron chi connectivity index (χ3n) is 19.0. The maximum absolute atomic E-state index is 6.73. The van der Waals surface area contributed by atoms with E-state index < -0.39 is 5.41 Å². The molecule has 4 aromatic heterocycles. The summed E-state index contributed by atoms with van der Waals surface area (Å²) in [5.41, 5.74) is 22.9. The van der Waals surface area contributed by atoms with Crippen LogP contribution in [0.15, 0.2) is 264 Å². The molecule has 0 saturated heterocycles. The van der Waals surface area contributed by atoms with Crippen LogP contribution < -0.4 is 4.74 Å². The van der Waals surface area contributed by atoms with Gasteiger partial charge in [-0.15, -0.1) is 0 Å². The molecule has 0 fully saturated rings. The standard InChI is InChI=1S/C79H48N4O3/c1-78(2)61-19-7-3-15-51(61)53-33-27-45(40-65(53)78)47-29-35-55-56-36-30-48(46-28-34-54-52-16-4-8-20-62(52)79(66(54)41-46)63-21-9-13-25-72(63)86-73-26-14-10-22-64(73)79)43-68(56)83(67(55)42-47)77-81-75(49-32-38-71-60(39-49)58-18-6-12-24-70(58)84-71)80-76(82-77)50-31-37-59-57-17-5-11-23-69(57)85-74(59)44-50/h3-44H,1-2H3. The molecule has 12 aromatic carbocycles. The van der Waals surface area contributed by atoms with Gasteiger partial charge in [0.2, 0.25) is 5.95 Å². The molecular formula is C79H48N4O3. The first-order valence-corrected chi connectivity index (χ1v) is 29.4. The zero-order valence-corrected chi connectivity index (χ0v) is 46.8. The molecule has 0 bridgehead atoms. The molecule has 0 unspecified atom stereocenters. The van der Waals surface area contributed by atoms with E-state index in [-0.39, 0.29) is 5.41 Å². The fourth-order valence-electron chi connectivity index (χ4n) is 15.0. The van der Waals surface area contributed by atoms with Gasteiger partial charge in [-0.3, -0.25) is 4.57 Å². The topological polar surface area (TPSA) is 79.1 Å². The van der Waals surface area contributed by atoms with Gasteiger partial charge in [0.1, 0.15) is 33.8 Å². The third kappa shape index (κ3) is 6.48. The van der Waals surface area contributed by atoms with E-state index in [4.69, 9.17) is 28.5 Å². The van der Waals surface area contributed by atoms with Gasteiger partial charge < -0.3 is 13.6 Å². The molecule has 1 spiro atoms. The normalized spacial score (nSPS) is 14.0. The van der Waals surface area contributed by atoms with E-state index in [0.717, 1.165) is 122 Å². The summed E-state index contributed by atoms with van der Waals surface area (Å²) in [6.45, 7) is 4.69. The van der Waals surface area contributed by atoms with Gasteiger partial charge >= 0.3 is 0 Å². The Balaban J connectivity index is 0.862. The number of ether oxygens (including phenoxy) is 1. The molecule has 2 aliphatic carbocycles. The fourth-order valence-corrected chi connectivity index (χ4v) is 15.0. The van der Waals surface area contributed by atoms with Crippen molar-refractivity contribution in [2.75, 3.05) is 0 Å². The highest BCUT2D eigenvalue weighted by molar-refractivity contribution is 6.12. The Morgan fingerprint density at radius 2 is 0.744 bits per heavy atom. The van der Waals surface area contributed by atoms with Gasteiger partial charge in [-0.05, 0) is 146 Å². The summed E-state index contributed by atoms with van der Waals surface area (Å²) in [6, 6.07) is 91.5. The minimum Gasteiger partial charge on any atom is -0.457 e. The molecule has 7 heteroatoms. The largest absolute Gasteiger partial charge is 0.457 e. The van der Waals surface area contributed by atoms with Crippen LogP contribution in [-0.4, -0.2) is 19.5 Å². The van der Waals surface area contributed by atoms with E-state index in [1.807, 2.05) is 42.5 Å². The van der Waals surface area contributed by atoms with Gasteiger partial charge in [0, 0.05) is 60.0 Å². The number of rotatable bonds is 5. The summed E-state index contributed by atoms with van der Waals surface area (Å²) in [5.74, 6) is 3.28. The number of furan rings is 2. The van der Waals surface area contributed by atoms with Crippen LogP contribution in [0.4, 0.5) is 0 Å². The minimum atomic E-state index is -0.618. The zero-order chi connectivity index (χ0) is 56.6. The van der Waals surface area contributed by atoms with E-state index in [9.17, 15) is 0 Å². The lowest BCUT2D eigenvalue weighted by atomic mass is 9.66. The third-order valence-corrected chi connectivity index (χ3v) is 19.0. The fraction of sp³-hybridized carbons (Fsp3) is 0.0506. The smallest absolute Gasteiger partial charge is 0.238 e. The van der Waals surface area contributed by atoms with Crippen molar-refractivity contribution in [3.63, 3.8) is 0 Å². The van der Waals surface area contributed by atoms with Crippen molar-refractivity contribution in [3.8, 4) is 84.7 Å². The number of fused-ring (bicyclic) bond motifs is 21. The van der Waals surface area contributed by atoms with Crippen LogP contribution in [0.3, 0.4) is 0 Å². The Labute approximate surface area is 493 Å². The average Bonchev–Trinajstić information content (AvgIpc) is 1.51. The van der Waals surface area contributed by atoms with Crippen LogP contribution in [0.2, 0.25) is 0 Å². The molecule has 0 atom stereocenters. The summed E-state index contributed by atoms with van der Waals surface area (Å²) in [5, 5.41) is 6.28. The molecule has 0 N–H and O–H groups in total. The van der Waals surface area contributed by atoms with Crippen LogP contribution in [-0.2, 0) is 10.8 Å². The molecule has 1 aliphatic heterocycles. The molecule has 0 radical (unpaired) electrons. The van der Waals surface area contributed by atoms with Crippen molar-refractivity contribution in [1.82, 2.24) is 19.5 Å². The molecule has 0 amide bonds. The second-order valence-corrected chi connectivity index (χ2v) is 23.8. The second kappa shape index (κ2) is 17.2. The summed E-state index contributed by atoms with van der Waals surface area (Å²) in [6.07, 6.45) is 0. The predicted molar refractivity (Wildman–Crippen MR) is 345 cm³/mol. The van der Waals surface area contributed by atoms with Crippen molar-refractivity contribution in [3.05, 3.63) is 288 Å². The summed E-state index contributed by atoms with van der Waals surface area (Å²) in [4.78, 5) is 16.5. The molecule has 86 heavy (non-hydrogen) atoms. The number of hydrogen-bond acceptors (Lipinski definition) is 6. The van der Waals surface area contributed by atoms with E-state index in [0.29, 0.717) is 17.6 Å². The van der Waals surface area contributed by atoms with E-state index in [1.165, 1.54) is 44.5 Å². The molecule has 5 heterocycles. The van der Waals surface area contributed by atoms with E-state index >= 15 is 0 Å². The van der Waals surface area contributed by atoms with Gasteiger partial charge in [-0.2, -0.15) is 9.97 Å². The second-order valence-electron chi connectivity index (χ2n) is 23.8. The Bertz CT molecular complexity index is 5600. The maximum Gasteiger partial charge on any atom is 0.238 e. The Morgan fingerprint density at radius 1 is 0.302 bits per heavy atom. The van der Waals surface area contributed by atoms with Crippen LogP contribution in [0.1, 0.15) is 47.2 Å². The van der Waals surface area contributed by atoms with Gasteiger partial charge in [-0.1, -0.05) is 190 Å². The molecule has 402 valence electrons. The van der Waals surface area contributed by atoms with Crippen molar-refractivity contribution >= 4 is 65.7 Å². The van der Waals surface area contributed by atoms with E-state index in [1.54, 1.807) is 0 Å². The molecule has 16 aromatic rings. The van der Waals surface area contributed by atoms with Gasteiger partial charge in [0.15, 0.2) is 11.6 Å². The quantitative estimate of drug-likeness (QED) is 0.171. The first-order chi connectivity index (χ1) is 42.3. The number of benzene rings is 12. The molecule has 0 saturated carbocycles. The lowest BCUT2D eigenvalue weighted by Crippen LogP contribution is -2.32. The average molecular weight is 1100 g/mol. The van der Waals surface area contributed by atoms with Crippen LogP contribution in [0.5, 0.6) is 11.5 Å². The number of nitrogens with zero attached hydrogens (tertiary/aromatic N) is 4. The number of hydrogen-bond donors (Lipinski definition) is 0. The monoisotopic (exact) mass is 1100 g/mol. The Morgan fingerprint density at radius 3 is 1.42 bits per heavy atom. The lowest BCUT2D eigenvalue weighted by molar-refractivity contribution is 0.436. The van der Waals surface area contributed by atoms with Gasteiger partial charge in [0.25, 0.3) is 0 Å². The van der Waals surface area contributed by atoms with Gasteiger partial charge in [0.05, 0.1) is 16.4 Å². The summed E-state index contributed by atoms with van der Waals surface area (Å²) < 4.78 is 21.9. The molecule has 3 aliphatic rings. The first-order valence-electron chi connectivity index (χ1n) is 29.4. The zero-order valence-electron chi connectivity index (χ0n) is 46.8. The van der Waals surface area contributed by atoms with Crippen LogP contribution in [0, 0.1) is 0 Å². The minimum absolute atomic E-state index is 0.163. The van der Waals surface area contributed by atoms with Crippen molar-refractivity contribution in [1.29, 1.82) is 0 Å². The van der Waals surface area contributed by atoms with Crippen molar-refractivity contribution < 1.29 is 13.6 Å². The Kier molecular flexibility index (Phi) is 9.48. The highest BCUT2D eigenvalue weighted by Gasteiger charge is 2.51. The SMILES string of the molecule is CC1(C)c2ccccc2-c2ccc(-c3ccc4c5ccc(-c6ccc7c(c6)C6(c8ccccc8Oc8ccccc86)c6ccccc6-7)cc5n(-c5nc(-c6ccc7c(c6)oc6ccccc67)nc(-c6ccc7oc8ccccc8c7c6)n5)c4c3)cc21. The maximum atomic E-state index is 6.73. The highest BCUT2D eigenvalue weighted by Crippen LogP contribution is 2.62. The molecule has 7 nitrogen and oxygen atoms in total. The van der Waals surface area contributed by atoms with Crippen LogP contribution >= 0.6 is 0 Å². The highest BCUT2D eigenvalue weighted by atomic mass is 16.5. The number of para-hydroxylation sites is 4. The molecular weight excluding hydrogens is 1050 g/mol.